The molecule has 0 aliphatic rings. The molecule has 0 aliphatic heterocycles. The highest BCUT2D eigenvalue weighted by Gasteiger charge is 2.14. The maximum absolute atomic E-state index is 6.29. The minimum Gasteiger partial charge on any atom is -0.384 e. The van der Waals surface area contributed by atoms with Crippen LogP contribution in [0.1, 0.15) is 37.9 Å². The molecular formula is C17H25N3. The molecule has 1 aromatic heterocycles. The van der Waals surface area contributed by atoms with E-state index in [-0.39, 0.29) is 0 Å². The van der Waals surface area contributed by atoms with E-state index in [1.165, 1.54) is 5.56 Å². The lowest BCUT2D eigenvalue weighted by Crippen LogP contribution is -2.11. The van der Waals surface area contributed by atoms with E-state index < -0.39 is 0 Å². The molecule has 0 amide bonds. The van der Waals surface area contributed by atoms with Crippen LogP contribution in [0.3, 0.4) is 0 Å². The van der Waals surface area contributed by atoms with Crippen molar-refractivity contribution in [2.45, 2.75) is 46.6 Å². The van der Waals surface area contributed by atoms with Crippen molar-refractivity contribution >= 4 is 5.82 Å². The molecule has 3 nitrogen and oxygen atoms in total. The van der Waals surface area contributed by atoms with Gasteiger partial charge in [-0.05, 0) is 24.3 Å². The van der Waals surface area contributed by atoms with Crippen molar-refractivity contribution in [1.29, 1.82) is 0 Å². The molecule has 2 N–H and O–H groups in total. The van der Waals surface area contributed by atoms with Crippen LogP contribution in [0.2, 0.25) is 0 Å². The molecule has 3 heteroatoms. The molecule has 2 aromatic rings. The number of aromatic nitrogens is 2. The highest BCUT2D eigenvalue weighted by atomic mass is 15.1. The Balaban J connectivity index is 2.14. The summed E-state index contributed by atoms with van der Waals surface area (Å²) < 4.78 is 2.19. The topological polar surface area (TPSA) is 43.8 Å². The van der Waals surface area contributed by atoms with Crippen molar-refractivity contribution in [2.24, 2.45) is 5.92 Å². The highest BCUT2D eigenvalue weighted by molar-refractivity contribution is 5.39. The molecule has 0 radical (unpaired) electrons. The maximum atomic E-state index is 6.29. The van der Waals surface area contributed by atoms with Crippen molar-refractivity contribution in [3.05, 3.63) is 47.4 Å². The van der Waals surface area contributed by atoms with Crippen LogP contribution in [0.15, 0.2) is 30.3 Å². The molecular weight excluding hydrogens is 246 g/mol. The van der Waals surface area contributed by atoms with Crippen LogP contribution in [0.5, 0.6) is 0 Å². The van der Waals surface area contributed by atoms with Crippen molar-refractivity contribution < 1.29 is 0 Å². The number of nitrogen functional groups attached to an aromatic ring is 1. The zero-order valence-electron chi connectivity index (χ0n) is 12.8. The number of anilines is 1. The number of hydrogen-bond donors (Lipinski definition) is 1. The lowest BCUT2D eigenvalue weighted by atomic mass is 10.1. The maximum Gasteiger partial charge on any atom is 0.126 e. The van der Waals surface area contributed by atoms with E-state index in [2.05, 4.69) is 49.6 Å². The van der Waals surface area contributed by atoms with Crippen molar-refractivity contribution in [2.75, 3.05) is 5.73 Å². The molecule has 1 heterocycles. The Labute approximate surface area is 121 Å². The molecule has 0 unspecified atom stereocenters. The Morgan fingerprint density at radius 2 is 1.85 bits per heavy atom. The van der Waals surface area contributed by atoms with Gasteiger partial charge in [0.05, 0.1) is 5.69 Å². The average molecular weight is 271 g/mol. The molecule has 0 saturated heterocycles. The number of aryl methyl sites for hydroxylation is 3. The molecule has 0 spiro atoms. The third kappa shape index (κ3) is 3.41. The van der Waals surface area contributed by atoms with E-state index in [1.54, 1.807) is 0 Å². The molecule has 2 rings (SSSR count). The Hall–Kier alpha value is -1.77. The van der Waals surface area contributed by atoms with Gasteiger partial charge in [0.15, 0.2) is 0 Å². The third-order valence-electron chi connectivity index (χ3n) is 3.52. The Kier molecular flexibility index (Phi) is 4.83. The van der Waals surface area contributed by atoms with Gasteiger partial charge in [-0.2, -0.15) is 0 Å². The summed E-state index contributed by atoms with van der Waals surface area (Å²) in [6, 6.07) is 10.5. The summed E-state index contributed by atoms with van der Waals surface area (Å²) in [5.41, 5.74) is 8.68. The second-order valence-corrected chi connectivity index (χ2v) is 5.70. The van der Waals surface area contributed by atoms with Gasteiger partial charge in [0.1, 0.15) is 11.6 Å². The number of benzene rings is 1. The Morgan fingerprint density at radius 3 is 2.45 bits per heavy atom. The molecule has 0 atom stereocenters. The van der Waals surface area contributed by atoms with E-state index in [4.69, 9.17) is 10.7 Å². The predicted molar refractivity (Wildman–Crippen MR) is 84.7 cm³/mol. The lowest BCUT2D eigenvalue weighted by molar-refractivity contribution is 0.513. The van der Waals surface area contributed by atoms with Gasteiger partial charge >= 0.3 is 0 Å². The van der Waals surface area contributed by atoms with E-state index in [0.29, 0.717) is 5.92 Å². The van der Waals surface area contributed by atoms with Crippen LogP contribution >= 0.6 is 0 Å². The number of nitrogens with zero attached hydrogens (tertiary/aromatic N) is 2. The molecule has 20 heavy (non-hydrogen) atoms. The first-order valence-electron chi connectivity index (χ1n) is 7.49. The fraction of sp³-hybridized carbons (Fsp3) is 0.471. The number of imidazole rings is 1. The van der Waals surface area contributed by atoms with Crippen LogP contribution < -0.4 is 5.73 Å². The summed E-state index contributed by atoms with van der Waals surface area (Å²) >= 11 is 0. The summed E-state index contributed by atoms with van der Waals surface area (Å²) in [4.78, 5) is 4.73. The standard InChI is InChI=1S/C17H25N3/c1-4-16-19-15(17(18)20(16)12-13(2)3)11-10-14-8-6-5-7-9-14/h5-9,13H,4,10-12,18H2,1-3H3. The van der Waals surface area contributed by atoms with Crippen LogP contribution in [0, 0.1) is 5.92 Å². The number of rotatable bonds is 6. The SMILES string of the molecule is CCc1nc(CCc2ccccc2)c(N)n1CC(C)C. The molecule has 108 valence electrons. The van der Waals surface area contributed by atoms with Crippen molar-refractivity contribution in [1.82, 2.24) is 9.55 Å². The molecule has 1 aromatic carbocycles. The molecule has 0 aliphatic carbocycles. The number of nitrogens with two attached hydrogens (primary N) is 1. The quantitative estimate of drug-likeness (QED) is 0.874. The summed E-state index contributed by atoms with van der Waals surface area (Å²) in [6.07, 6.45) is 2.84. The zero-order chi connectivity index (χ0) is 14.5. The largest absolute Gasteiger partial charge is 0.384 e. The minimum absolute atomic E-state index is 0.582. The summed E-state index contributed by atoms with van der Waals surface area (Å²) in [5, 5.41) is 0. The van der Waals surface area contributed by atoms with E-state index >= 15 is 0 Å². The fourth-order valence-electron chi connectivity index (χ4n) is 2.50. The van der Waals surface area contributed by atoms with Gasteiger partial charge in [-0.25, -0.2) is 4.98 Å². The van der Waals surface area contributed by atoms with Crippen molar-refractivity contribution in [3.8, 4) is 0 Å². The van der Waals surface area contributed by atoms with Gasteiger partial charge in [-0.3, -0.25) is 0 Å². The Morgan fingerprint density at radius 1 is 1.15 bits per heavy atom. The van der Waals surface area contributed by atoms with Gasteiger partial charge in [0.2, 0.25) is 0 Å². The van der Waals surface area contributed by atoms with Crippen molar-refractivity contribution in [3.63, 3.8) is 0 Å². The monoisotopic (exact) mass is 271 g/mol. The molecule has 0 fully saturated rings. The first kappa shape index (κ1) is 14.6. The van der Waals surface area contributed by atoms with Crippen LogP contribution in [-0.4, -0.2) is 9.55 Å². The van der Waals surface area contributed by atoms with E-state index in [0.717, 1.165) is 43.1 Å². The summed E-state index contributed by atoms with van der Waals surface area (Å²) in [6.45, 7) is 7.51. The van der Waals surface area contributed by atoms with Gasteiger partial charge in [0.25, 0.3) is 0 Å². The lowest BCUT2D eigenvalue weighted by Gasteiger charge is -2.11. The van der Waals surface area contributed by atoms with Crippen LogP contribution in [0.25, 0.3) is 0 Å². The Bertz CT molecular complexity index is 541. The fourth-order valence-corrected chi connectivity index (χ4v) is 2.50. The van der Waals surface area contributed by atoms with Gasteiger partial charge in [-0.1, -0.05) is 51.1 Å². The predicted octanol–water partition coefficient (Wildman–Crippen LogP) is 3.47. The third-order valence-corrected chi connectivity index (χ3v) is 3.52. The molecule has 0 bridgehead atoms. The number of hydrogen-bond acceptors (Lipinski definition) is 2. The second-order valence-electron chi connectivity index (χ2n) is 5.70. The minimum atomic E-state index is 0.582. The van der Waals surface area contributed by atoms with Crippen LogP contribution in [0.4, 0.5) is 5.82 Å². The normalized spacial score (nSPS) is 11.2. The van der Waals surface area contributed by atoms with E-state index in [9.17, 15) is 0 Å². The highest BCUT2D eigenvalue weighted by Crippen LogP contribution is 2.19. The van der Waals surface area contributed by atoms with Gasteiger partial charge < -0.3 is 10.3 Å². The van der Waals surface area contributed by atoms with Gasteiger partial charge in [-0.15, -0.1) is 0 Å². The molecule has 0 saturated carbocycles. The second kappa shape index (κ2) is 6.60. The average Bonchev–Trinajstić information content (AvgIpc) is 2.74. The first-order chi connectivity index (χ1) is 9.61. The van der Waals surface area contributed by atoms with E-state index in [1.807, 2.05) is 6.07 Å². The van der Waals surface area contributed by atoms with Crippen LogP contribution in [-0.2, 0) is 25.8 Å². The zero-order valence-corrected chi connectivity index (χ0v) is 12.8. The first-order valence-corrected chi connectivity index (χ1v) is 7.49. The summed E-state index contributed by atoms with van der Waals surface area (Å²) in [5.74, 6) is 2.55. The van der Waals surface area contributed by atoms with Gasteiger partial charge in [0, 0.05) is 13.0 Å². The smallest absolute Gasteiger partial charge is 0.126 e. The summed E-state index contributed by atoms with van der Waals surface area (Å²) in [7, 11) is 0.